The summed E-state index contributed by atoms with van der Waals surface area (Å²) >= 11 is 0. The lowest BCUT2D eigenvalue weighted by molar-refractivity contribution is -0.0190. The van der Waals surface area contributed by atoms with Crippen LogP contribution < -0.4 is 5.32 Å². The number of nitrogens with one attached hydrogen (secondary N) is 1. The normalized spacial score (nSPS) is 23.6. The monoisotopic (exact) mass is 301 g/mol. The molecule has 0 bridgehead atoms. The summed E-state index contributed by atoms with van der Waals surface area (Å²) in [5, 5.41) is 3.38. The first kappa shape index (κ1) is 14.0. The number of nitrogens with zero attached hydrogens (tertiary/aromatic N) is 2. The Morgan fingerprint density at radius 1 is 1.27 bits per heavy atom. The van der Waals surface area contributed by atoms with Crippen molar-refractivity contribution in [2.45, 2.75) is 38.3 Å². The quantitative estimate of drug-likeness (QED) is 0.941. The molecule has 2 aliphatic heterocycles. The van der Waals surface area contributed by atoms with E-state index in [1.807, 2.05) is 12.1 Å². The molecular weight excluding hydrogens is 278 g/mol. The molecule has 1 unspecified atom stereocenters. The van der Waals surface area contributed by atoms with E-state index in [1.54, 1.807) is 0 Å². The second kappa shape index (κ2) is 5.89. The van der Waals surface area contributed by atoms with Gasteiger partial charge in [0.25, 0.3) is 6.01 Å². The molecule has 0 radical (unpaired) electrons. The highest BCUT2D eigenvalue weighted by Gasteiger charge is 2.34. The maximum absolute atomic E-state index is 5.84. The minimum Gasteiger partial charge on any atom is -0.423 e. The van der Waals surface area contributed by atoms with Gasteiger partial charge >= 0.3 is 0 Å². The van der Waals surface area contributed by atoms with E-state index in [1.165, 1.54) is 25.8 Å². The van der Waals surface area contributed by atoms with Crippen molar-refractivity contribution in [1.29, 1.82) is 0 Å². The number of hydrogen-bond donors (Lipinski definition) is 1. The van der Waals surface area contributed by atoms with E-state index in [0.717, 1.165) is 36.4 Å². The molecule has 1 aromatic carbocycles. The van der Waals surface area contributed by atoms with Crippen LogP contribution in [0.3, 0.4) is 0 Å². The molecular formula is C17H23N3O2. The van der Waals surface area contributed by atoms with Gasteiger partial charge in [0.15, 0.2) is 5.58 Å². The number of aryl methyl sites for hydroxylation is 1. The minimum absolute atomic E-state index is 0.596. The highest BCUT2D eigenvalue weighted by molar-refractivity contribution is 5.77. The second-order valence-corrected chi connectivity index (χ2v) is 6.35. The van der Waals surface area contributed by atoms with E-state index in [4.69, 9.17) is 9.15 Å². The van der Waals surface area contributed by atoms with Crippen LogP contribution in [0.25, 0.3) is 11.1 Å². The fourth-order valence-electron chi connectivity index (χ4n) is 3.54. The van der Waals surface area contributed by atoms with E-state index in [0.29, 0.717) is 18.1 Å². The molecule has 0 aliphatic carbocycles. The third-order valence-corrected chi connectivity index (χ3v) is 4.95. The van der Waals surface area contributed by atoms with Crippen molar-refractivity contribution in [3.63, 3.8) is 0 Å². The molecule has 2 aliphatic rings. The van der Waals surface area contributed by atoms with Crippen molar-refractivity contribution in [3.8, 4) is 0 Å². The number of aromatic nitrogens is 1. The summed E-state index contributed by atoms with van der Waals surface area (Å²) in [6.45, 7) is 5.99. The van der Waals surface area contributed by atoms with Gasteiger partial charge in [0.1, 0.15) is 5.52 Å². The lowest BCUT2D eigenvalue weighted by Gasteiger charge is -2.47. The van der Waals surface area contributed by atoms with Crippen LogP contribution in [0.15, 0.2) is 22.6 Å². The van der Waals surface area contributed by atoms with Gasteiger partial charge in [-0.15, -0.1) is 0 Å². The van der Waals surface area contributed by atoms with Gasteiger partial charge in [0.05, 0.1) is 0 Å². The van der Waals surface area contributed by atoms with Gasteiger partial charge in [-0.3, -0.25) is 4.90 Å². The van der Waals surface area contributed by atoms with Crippen LogP contribution in [0.1, 0.15) is 24.8 Å². The fourth-order valence-corrected chi connectivity index (χ4v) is 3.54. The van der Waals surface area contributed by atoms with Crippen LogP contribution in [0.5, 0.6) is 0 Å². The van der Waals surface area contributed by atoms with Gasteiger partial charge in [0.2, 0.25) is 0 Å². The first-order valence-corrected chi connectivity index (χ1v) is 8.25. The number of ether oxygens (including phenoxy) is 1. The van der Waals surface area contributed by atoms with E-state index in [-0.39, 0.29) is 0 Å². The van der Waals surface area contributed by atoms with Gasteiger partial charge in [-0.05, 0) is 37.8 Å². The molecule has 5 heteroatoms. The van der Waals surface area contributed by atoms with Crippen LogP contribution in [0, 0.1) is 6.92 Å². The van der Waals surface area contributed by atoms with Crippen molar-refractivity contribution >= 4 is 17.1 Å². The Hall–Kier alpha value is -1.59. The molecule has 5 nitrogen and oxygen atoms in total. The molecule has 0 spiro atoms. The number of rotatable bonds is 4. The first-order valence-electron chi connectivity index (χ1n) is 8.25. The standard InChI is InChI=1S/C17H23N3O2/c1-12-3-2-4-15-16(12)22-17(19-15)18-11-14-5-8-20(14)13-6-9-21-10-7-13/h2-4,13-14H,5-11H2,1H3,(H,18,19). The molecule has 2 saturated heterocycles. The number of fused-ring (bicyclic) bond motifs is 1. The van der Waals surface area contributed by atoms with Crippen LogP contribution in [0.2, 0.25) is 0 Å². The molecule has 1 atom stereocenters. The summed E-state index contributed by atoms with van der Waals surface area (Å²) in [4.78, 5) is 7.14. The predicted molar refractivity (Wildman–Crippen MR) is 86.2 cm³/mol. The van der Waals surface area contributed by atoms with E-state index in [9.17, 15) is 0 Å². The van der Waals surface area contributed by atoms with E-state index >= 15 is 0 Å². The summed E-state index contributed by atoms with van der Waals surface area (Å²) in [5.74, 6) is 0. The van der Waals surface area contributed by atoms with Crippen LogP contribution in [-0.2, 0) is 4.74 Å². The average molecular weight is 301 g/mol. The van der Waals surface area contributed by atoms with Gasteiger partial charge in [-0.2, -0.15) is 4.98 Å². The summed E-state index contributed by atoms with van der Waals surface area (Å²) in [6.07, 6.45) is 3.58. The number of benzene rings is 1. The Balaban J connectivity index is 1.38. The van der Waals surface area contributed by atoms with Gasteiger partial charge in [0, 0.05) is 38.4 Å². The summed E-state index contributed by atoms with van der Waals surface area (Å²) < 4.78 is 11.3. The SMILES string of the molecule is Cc1cccc2nc(NCC3CCN3C3CCOCC3)oc12. The van der Waals surface area contributed by atoms with Crippen molar-refractivity contribution in [2.24, 2.45) is 0 Å². The Bertz CT molecular complexity index is 648. The number of para-hydroxylation sites is 1. The molecule has 2 fully saturated rings. The number of hydrogen-bond acceptors (Lipinski definition) is 5. The van der Waals surface area contributed by atoms with Gasteiger partial charge in [-0.25, -0.2) is 0 Å². The molecule has 1 aromatic heterocycles. The topological polar surface area (TPSA) is 50.5 Å². The zero-order valence-electron chi connectivity index (χ0n) is 13.0. The Morgan fingerprint density at radius 2 is 2.14 bits per heavy atom. The Kier molecular flexibility index (Phi) is 3.76. The summed E-state index contributed by atoms with van der Waals surface area (Å²) in [5.41, 5.74) is 2.95. The highest BCUT2D eigenvalue weighted by Crippen LogP contribution is 2.27. The minimum atomic E-state index is 0.596. The molecule has 0 amide bonds. The molecule has 118 valence electrons. The summed E-state index contributed by atoms with van der Waals surface area (Å²) in [7, 11) is 0. The van der Waals surface area contributed by atoms with Gasteiger partial charge in [-0.1, -0.05) is 12.1 Å². The van der Waals surface area contributed by atoms with Crippen molar-refractivity contribution in [2.75, 3.05) is 31.6 Å². The predicted octanol–water partition coefficient (Wildman–Crippen LogP) is 2.80. The van der Waals surface area contributed by atoms with E-state index in [2.05, 4.69) is 28.2 Å². The molecule has 3 heterocycles. The van der Waals surface area contributed by atoms with Crippen LogP contribution in [0.4, 0.5) is 6.01 Å². The molecule has 0 saturated carbocycles. The number of anilines is 1. The Morgan fingerprint density at radius 3 is 2.86 bits per heavy atom. The maximum atomic E-state index is 5.84. The van der Waals surface area contributed by atoms with E-state index < -0.39 is 0 Å². The van der Waals surface area contributed by atoms with Crippen LogP contribution in [-0.4, -0.2) is 48.3 Å². The molecule has 1 N–H and O–H groups in total. The third kappa shape index (κ3) is 2.59. The highest BCUT2D eigenvalue weighted by atomic mass is 16.5. The summed E-state index contributed by atoms with van der Waals surface area (Å²) in [6, 6.07) is 8.00. The zero-order chi connectivity index (χ0) is 14.9. The lowest BCUT2D eigenvalue weighted by Crippen LogP contribution is -2.57. The fraction of sp³-hybridized carbons (Fsp3) is 0.588. The first-order chi connectivity index (χ1) is 10.8. The van der Waals surface area contributed by atoms with Gasteiger partial charge < -0.3 is 14.5 Å². The average Bonchev–Trinajstić information content (AvgIpc) is 2.92. The van der Waals surface area contributed by atoms with Crippen LogP contribution >= 0.6 is 0 Å². The lowest BCUT2D eigenvalue weighted by atomic mass is 9.95. The smallest absolute Gasteiger partial charge is 0.295 e. The zero-order valence-corrected chi connectivity index (χ0v) is 13.0. The maximum Gasteiger partial charge on any atom is 0.295 e. The van der Waals surface area contributed by atoms with Crippen molar-refractivity contribution in [1.82, 2.24) is 9.88 Å². The van der Waals surface area contributed by atoms with Crippen molar-refractivity contribution < 1.29 is 9.15 Å². The van der Waals surface area contributed by atoms with Crippen molar-refractivity contribution in [3.05, 3.63) is 23.8 Å². The number of likely N-dealkylation sites (tertiary alicyclic amines) is 1. The molecule has 22 heavy (non-hydrogen) atoms. The third-order valence-electron chi connectivity index (χ3n) is 4.95. The number of oxazole rings is 1. The Labute approximate surface area is 130 Å². The molecule has 2 aromatic rings. The molecule has 4 rings (SSSR count). The largest absolute Gasteiger partial charge is 0.423 e. The second-order valence-electron chi connectivity index (χ2n) is 6.35.